The topological polar surface area (TPSA) is 59.1 Å². The standard InChI is InChI=1S/C18H20N2O4S/c1-14-11-16-17(24-13-23-16)12-18(14)25(21,22)20-9-7-19(8-10-20)15-5-3-2-4-6-15/h2-6,11-12H,7-10,13H2,1H3. The maximum absolute atomic E-state index is 13.1. The van der Waals surface area contributed by atoms with E-state index in [9.17, 15) is 8.42 Å². The van der Waals surface area contributed by atoms with Gasteiger partial charge in [-0.25, -0.2) is 8.42 Å². The van der Waals surface area contributed by atoms with Crippen LogP contribution in [0.2, 0.25) is 0 Å². The fourth-order valence-electron chi connectivity index (χ4n) is 3.27. The first kappa shape index (κ1) is 16.2. The quantitative estimate of drug-likeness (QED) is 0.840. The van der Waals surface area contributed by atoms with Crippen molar-refractivity contribution in [2.24, 2.45) is 0 Å². The zero-order valence-electron chi connectivity index (χ0n) is 14.0. The third-order valence-corrected chi connectivity index (χ3v) is 6.69. The summed E-state index contributed by atoms with van der Waals surface area (Å²) in [7, 11) is -3.55. The summed E-state index contributed by atoms with van der Waals surface area (Å²) in [5.74, 6) is 1.09. The lowest BCUT2D eigenvalue weighted by atomic mass is 10.2. The lowest BCUT2D eigenvalue weighted by Crippen LogP contribution is -2.48. The molecule has 0 spiro atoms. The van der Waals surface area contributed by atoms with E-state index in [2.05, 4.69) is 4.90 Å². The van der Waals surface area contributed by atoms with Gasteiger partial charge in [0, 0.05) is 37.9 Å². The summed E-state index contributed by atoms with van der Waals surface area (Å²) in [4.78, 5) is 2.50. The maximum atomic E-state index is 13.1. The van der Waals surface area contributed by atoms with E-state index in [-0.39, 0.29) is 6.79 Å². The molecule has 132 valence electrons. The van der Waals surface area contributed by atoms with Gasteiger partial charge in [0.1, 0.15) is 0 Å². The summed E-state index contributed by atoms with van der Waals surface area (Å²) < 4.78 is 38.3. The van der Waals surface area contributed by atoms with Gasteiger partial charge in [-0.2, -0.15) is 4.31 Å². The zero-order valence-corrected chi connectivity index (χ0v) is 14.8. The number of piperazine rings is 1. The fraction of sp³-hybridized carbons (Fsp3) is 0.333. The number of benzene rings is 2. The van der Waals surface area contributed by atoms with Crippen LogP contribution in [0.25, 0.3) is 0 Å². The molecule has 4 rings (SSSR count). The predicted octanol–water partition coefficient (Wildman–Crippen LogP) is 2.23. The summed E-state index contributed by atoms with van der Waals surface area (Å²) in [5, 5.41) is 0. The highest BCUT2D eigenvalue weighted by Crippen LogP contribution is 2.37. The Hall–Kier alpha value is -2.25. The van der Waals surface area contributed by atoms with Crippen molar-refractivity contribution < 1.29 is 17.9 Å². The Kier molecular flexibility index (Phi) is 4.05. The summed E-state index contributed by atoms with van der Waals surface area (Å²) in [5.41, 5.74) is 1.80. The first-order valence-corrected chi connectivity index (χ1v) is 9.70. The molecule has 2 aromatic carbocycles. The highest BCUT2D eigenvalue weighted by Gasteiger charge is 2.31. The second kappa shape index (κ2) is 6.24. The number of fused-ring (bicyclic) bond motifs is 1. The molecule has 1 fully saturated rings. The third kappa shape index (κ3) is 2.94. The van der Waals surface area contributed by atoms with Crippen molar-refractivity contribution in [3.63, 3.8) is 0 Å². The number of aryl methyl sites for hydroxylation is 1. The average Bonchev–Trinajstić information content (AvgIpc) is 3.09. The van der Waals surface area contributed by atoms with Crippen molar-refractivity contribution in [3.05, 3.63) is 48.0 Å². The van der Waals surface area contributed by atoms with Gasteiger partial charge in [0.25, 0.3) is 0 Å². The van der Waals surface area contributed by atoms with Crippen molar-refractivity contribution in [1.29, 1.82) is 0 Å². The van der Waals surface area contributed by atoms with Gasteiger partial charge in [-0.15, -0.1) is 0 Å². The molecule has 7 heteroatoms. The average molecular weight is 360 g/mol. The van der Waals surface area contributed by atoms with E-state index in [0.717, 1.165) is 5.69 Å². The molecule has 0 bridgehead atoms. The molecule has 0 aliphatic carbocycles. The predicted molar refractivity (Wildman–Crippen MR) is 94.7 cm³/mol. The van der Waals surface area contributed by atoms with Crippen LogP contribution in [0.3, 0.4) is 0 Å². The van der Waals surface area contributed by atoms with E-state index < -0.39 is 10.0 Å². The monoisotopic (exact) mass is 360 g/mol. The van der Waals surface area contributed by atoms with Gasteiger partial charge < -0.3 is 14.4 Å². The van der Waals surface area contributed by atoms with E-state index in [4.69, 9.17) is 9.47 Å². The van der Waals surface area contributed by atoms with E-state index >= 15 is 0 Å². The molecule has 2 aromatic rings. The Labute approximate surface area is 147 Å². The largest absolute Gasteiger partial charge is 0.454 e. The normalized spacial score (nSPS) is 17.7. The minimum atomic E-state index is -3.55. The molecular weight excluding hydrogens is 340 g/mol. The Morgan fingerprint density at radius 1 is 0.920 bits per heavy atom. The van der Waals surface area contributed by atoms with Gasteiger partial charge in [0.2, 0.25) is 16.8 Å². The molecule has 2 aliphatic rings. The lowest BCUT2D eigenvalue weighted by molar-refractivity contribution is 0.174. The van der Waals surface area contributed by atoms with Crippen LogP contribution < -0.4 is 14.4 Å². The highest BCUT2D eigenvalue weighted by atomic mass is 32.2. The first-order chi connectivity index (χ1) is 12.1. The van der Waals surface area contributed by atoms with Gasteiger partial charge in [-0.3, -0.25) is 0 Å². The number of para-hydroxylation sites is 1. The van der Waals surface area contributed by atoms with Crippen LogP contribution in [-0.4, -0.2) is 45.7 Å². The Balaban J connectivity index is 1.54. The molecule has 2 heterocycles. The molecule has 0 aromatic heterocycles. The van der Waals surface area contributed by atoms with Crippen LogP contribution in [-0.2, 0) is 10.0 Å². The van der Waals surface area contributed by atoms with Crippen LogP contribution in [0.15, 0.2) is 47.4 Å². The van der Waals surface area contributed by atoms with Gasteiger partial charge in [0.15, 0.2) is 11.5 Å². The van der Waals surface area contributed by atoms with E-state index in [1.165, 1.54) is 0 Å². The molecular formula is C18H20N2O4S. The fourth-order valence-corrected chi connectivity index (χ4v) is 4.91. The molecule has 6 nitrogen and oxygen atoms in total. The Morgan fingerprint density at radius 2 is 1.56 bits per heavy atom. The number of hydrogen-bond donors (Lipinski definition) is 0. The van der Waals surface area contributed by atoms with Crippen molar-refractivity contribution in [2.45, 2.75) is 11.8 Å². The smallest absolute Gasteiger partial charge is 0.243 e. The summed E-state index contributed by atoms with van der Waals surface area (Å²) in [6.45, 7) is 4.19. The SMILES string of the molecule is Cc1cc2c(cc1S(=O)(=O)N1CCN(c3ccccc3)CC1)OCO2. The number of nitrogens with zero attached hydrogens (tertiary/aromatic N) is 2. The molecule has 0 unspecified atom stereocenters. The lowest BCUT2D eigenvalue weighted by Gasteiger charge is -2.35. The van der Waals surface area contributed by atoms with Gasteiger partial charge in [-0.05, 0) is 30.7 Å². The maximum Gasteiger partial charge on any atom is 0.243 e. The summed E-state index contributed by atoms with van der Waals surface area (Å²) >= 11 is 0. The number of sulfonamides is 1. The van der Waals surface area contributed by atoms with E-state index in [1.807, 2.05) is 30.3 Å². The molecule has 2 aliphatic heterocycles. The van der Waals surface area contributed by atoms with Crippen LogP contribution in [0, 0.1) is 6.92 Å². The van der Waals surface area contributed by atoms with Gasteiger partial charge in [-0.1, -0.05) is 18.2 Å². The van der Waals surface area contributed by atoms with Gasteiger partial charge in [0.05, 0.1) is 4.90 Å². The number of rotatable bonds is 3. The van der Waals surface area contributed by atoms with Crippen molar-refractivity contribution in [2.75, 3.05) is 37.9 Å². The molecule has 1 saturated heterocycles. The van der Waals surface area contributed by atoms with Crippen molar-refractivity contribution in [3.8, 4) is 11.5 Å². The van der Waals surface area contributed by atoms with E-state index in [0.29, 0.717) is 48.1 Å². The number of hydrogen-bond acceptors (Lipinski definition) is 5. The van der Waals surface area contributed by atoms with Crippen LogP contribution in [0.4, 0.5) is 5.69 Å². The zero-order chi connectivity index (χ0) is 17.4. The minimum Gasteiger partial charge on any atom is -0.454 e. The van der Waals surface area contributed by atoms with Crippen molar-refractivity contribution >= 4 is 15.7 Å². The number of anilines is 1. The number of ether oxygens (including phenoxy) is 2. The highest BCUT2D eigenvalue weighted by molar-refractivity contribution is 7.89. The Morgan fingerprint density at radius 3 is 2.24 bits per heavy atom. The molecule has 0 N–H and O–H groups in total. The second-order valence-electron chi connectivity index (χ2n) is 6.20. The summed E-state index contributed by atoms with van der Waals surface area (Å²) in [6, 6.07) is 13.4. The van der Waals surface area contributed by atoms with Crippen LogP contribution in [0.5, 0.6) is 11.5 Å². The van der Waals surface area contributed by atoms with Crippen LogP contribution >= 0.6 is 0 Å². The van der Waals surface area contributed by atoms with Crippen LogP contribution in [0.1, 0.15) is 5.56 Å². The Bertz CT molecular complexity index is 875. The van der Waals surface area contributed by atoms with E-state index in [1.54, 1.807) is 23.4 Å². The first-order valence-electron chi connectivity index (χ1n) is 8.26. The molecule has 0 saturated carbocycles. The second-order valence-corrected chi connectivity index (χ2v) is 8.10. The summed E-state index contributed by atoms with van der Waals surface area (Å²) in [6.07, 6.45) is 0. The van der Waals surface area contributed by atoms with Crippen molar-refractivity contribution in [1.82, 2.24) is 4.31 Å². The minimum absolute atomic E-state index is 0.133. The van der Waals surface area contributed by atoms with Gasteiger partial charge >= 0.3 is 0 Å². The molecule has 0 amide bonds. The molecule has 0 atom stereocenters. The third-order valence-electron chi connectivity index (χ3n) is 4.65. The molecule has 0 radical (unpaired) electrons. The molecule has 25 heavy (non-hydrogen) atoms.